The first kappa shape index (κ1) is 13.2. The molecular weight excluding hydrogens is 240 g/mol. The van der Waals surface area contributed by atoms with Crippen LogP contribution in [0.15, 0.2) is 30.5 Å². The predicted octanol–water partition coefficient (Wildman–Crippen LogP) is 3.73. The Bertz CT molecular complexity index is 485. The van der Waals surface area contributed by atoms with Gasteiger partial charge in [-0.05, 0) is 24.9 Å². The van der Waals surface area contributed by atoms with Gasteiger partial charge in [0.25, 0.3) is 0 Å². The first-order chi connectivity index (χ1) is 8.69. The second kappa shape index (κ2) is 6.12. The molecule has 0 aliphatic carbocycles. The highest BCUT2D eigenvalue weighted by Gasteiger charge is 2.05. The molecule has 0 saturated carbocycles. The second-order valence-electron chi connectivity index (χ2n) is 4.96. The van der Waals surface area contributed by atoms with E-state index in [0.29, 0.717) is 5.92 Å². The number of thiazole rings is 1. The lowest BCUT2D eigenvalue weighted by Crippen LogP contribution is -2.02. The Morgan fingerprint density at radius 3 is 2.56 bits per heavy atom. The topological polar surface area (TPSA) is 24.9 Å². The molecular formula is C15H20N2S. The molecule has 2 rings (SSSR count). The molecule has 0 aliphatic heterocycles. The van der Waals surface area contributed by atoms with Crippen LogP contribution >= 0.6 is 11.3 Å². The van der Waals surface area contributed by atoms with Gasteiger partial charge in [0.05, 0.1) is 0 Å². The molecule has 1 N–H and O–H groups in total. The Labute approximate surface area is 113 Å². The van der Waals surface area contributed by atoms with Gasteiger partial charge >= 0.3 is 0 Å². The molecule has 2 nitrogen and oxygen atoms in total. The Morgan fingerprint density at radius 2 is 1.94 bits per heavy atom. The quantitative estimate of drug-likeness (QED) is 0.886. The minimum Gasteiger partial charge on any atom is -0.315 e. The Morgan fingerprint density at radius 1 is 1.22 bits per heavy atom. The Balaban J connectivity index is 2.12. The summed E-state index contributed by atoms with van der Waals surface area (Å²) in [6.45, 7) is 5.39. The van der Waals surface area contributed by atoms with Crippen molar-refractivity contribution in [3.05, 3.63) is 40.9 Å². The van der Waals surface area contributed by atoms with Crippen LogP contribution < -0.4 is 5.32 Å². The van der Waals surface area contributed by atoms with E-state index in [1.165, 1.54) is 16.0 Å². The Kier molecular flexibility index (Phi) is 4.50. The van der Waals surface area contributed by atoms with Gasteiger partial charge in [0.1, 0.15) is 5.01 Å². The third-order valence-corrected chi connectivity index (χ3v) is 3.80. The van der Waals surface area contributed by atoms with Crippen molar-refractivity contribution >= 4 is 11.3 Å². The minimum atomic E-state index is 0.706. The third kappa shape index (κ3) is 3.40. The van der Waals surface area contributed by atoms with Crippen LogP contribution in [0.4, 0.5) is 0 Å². The highest BCUT2D eigenvalue weighted by molar-refractivity contribution is 7.15. The van der Waals surface area contributed by atoms with Crippen molar-refractivity contribution in [2.45, 2.75) is 26.8 Å². The predicted molar refractivity (Wildman–Crippen MR) is 78.9 cm³/mol. The van der Waals surface area contributed by atoms with E-state index in [1.807, 2.05) is 13.2 Å². The van der Waals surface area contributed by atoms with E-state index in [9.17, 15) is 0 Å². The molecule has 0 saturated heterocycles. The molecule has 0 radical (unpaired) electrons. The van der Waals surface area contributed by atoms with Gasteiger partial charge in [0.2, 0.25) is 0 Å². The highest BCUT2D eigenvalue weighted by Crippen LogP contribution is 2.25. The summed E-state index contributed by atoms with van der Waals surface area (Å²) in [5.74, 6) is 0.706. The second-order valence-corrected chi connectivity index (χ2v) is 6.07. The zero-order valence-electron chi connectivity index (χ0n) is 11.2. The van der Waals surface area contributed by atoms with Crippen molar-refractivity contribution in [1.82, 2.24) is 10.3 Å². The summed E-state index contributed by atoms with van der Waals surface area (Å²) in [6.07, 6.45) is 3.10. The van der Waals surface area contributed by atoms with Crippen molar-refractivity contribution in [1.29, 1.82) is 0 Å². The van der Waals surface area contributed by atoms with Crippen LogP contribution in [0.1, 0.15) is 24.3 Å². The lowest BCUT2D eigenvalue weighted by Gasteiger charge is -2.05. The van der Waals surface area contributed by atoms with Crippen LogP contribution in [0.25, 0.3) is 10.6 Å². The zero-order chi connectivity index (χ0) is 13.0. The van der Waals surface area contributed by atoms with Crippen molar-refractivity contribution in [2.75, 3.05) is 7.05 Å². The van der Waals surface area contributed by atoms with Crippen molar-refractivity contribution in [3.8, 4) is 10.6 Å². The molecule has 1 heterocycles. The van der Waals surface area contributed by atoms with Crippen LogP contribution in [-0.2, 0) is 13.0 Å². The van der Waals surface area contributed by atoms with Crippen molar-refractivity contribution in [3.63, 3.8) is 0 Å². The molecule has 0 amide bonds. The molecule has 1 aromatic carbocycles. The van der Waals surface area contributed by atoms with Crippen molar-refractivity contribution in [2.24, 2.45) is 5.92 Å². The van der Waals surface area contributed by atoms with Gasteiger partial charge in [-0.15, -0.1) is 11.3 Å². The van der Waals surface area contributed by atoms with E-state index in [4.69, 9.17) is 0 Å². The maximum atomic E-state index is 4.47. The third-order valence-electron chi connectivity index (χ3n) is 2.75. The largest absolute Gasteiger partial charge is 0.315 e. The molecule has 0 aliphatic rings. The van der Waals surface area contributed by atoms with Crippen LogP contribution in [0.5, 0.6) is 0 Å². The average Bonchev–Trinajstić information content (AvgIpc) is 2.78. The number of nitrogens with one attached hydrogen (secondary N) is 1. The number of hydrogen-bond acceptors (Lipinski definition) is 3. The molecule has 0 spiro atoms. The van der Waals surface area contributed by atoms with Gasteiger partial charge in [-0.1, -0.05) is 38.1 Å². The van der Waals surface area contributed by atoms with Gasteiger partial charge in [0, 0.05) is 23.2 Å². The monoisotopic (exact) mass is 260 g/mol. The number of nitrogens with zero attached hydrogens (tertiary/aromatic N) is 1. The van der Waals surface area contributed by atoms with Crippen LogP contribution in [0.2, 0.25) is 0 Å². The van der Waals surface area contributed by atoms with Gasteiger partial charge < -0.3 is 5.32 Å². The van der Waals surface area contributed by atoms with E-state index in [-0.39, 0.29) is 0 Å². The molecule has 0 unspecified atom stereocenters. The summed E-state index contributed by atoms with van der Waals surface area (Å²) in [4.78, 5) is 5.75. The lowest BCUT2D eigenvalue weighted by atomic mass is 10.0. The normalized spacial score (nSPS) is 11.1. The molecule has 0 bridgehead atoms. The first-order valence-electron chi connectivity index (χ1n) is 6.37. The summed E-state index contributed by atoms with van der Waals surface area (Å²) in [5.41, 5.74) is 2.62. The molecule has 2 aromatic rings. The smallest absolute Gasteiger partial charge is 0.123 e. The number of hydrogen-bond donors (Lipinski definition) is 1. The fourth-order valence-corrected chi connectivity index (χ4v) is 2.88. The van der Waals surface area contributed by atoms with Gasteiger partial charge in [-0.3, -0.25) is 0 Å². The molecule has 3 heteroatoms. The zero-order valence-corrected chi connectivity index (χ0v) is 12.1. The summed E-state index contributed by atoms with van der Waals surface area (Å²) in [7, 11) is 1.96. The SMILES string of the molecule is CNCc1cnc(-c2ccc(CC(C)C)cc2)s1. The highest BCUT2D eigenvalue weighted by atomic mass is 32.1. The molecule has 0 fully saturated rings. The maximum Gasteiger partial charge on any atom is 0.123 e. The fraction of sp³-hybridized carbons (Fsp3) is 0.400. The number of rotatable bonds is 5. The molecule has 18 heavy (non-hydrogen) atoms. The van der Waals surface area contributed by atoms with E-state index in [2.05, 4.69) is 48.4 Å². The Hall–Kier alpha value is -1.19. The lowest BCUT2D eigenvalue weighted by molar-refractivity contribution is 0.647. The van der Waals surface area contributed by atoms with E-state index >= 15 is 0 Å². The summed E-state index contributed by atoms with van der Waals surface area (Å²) < 4.78 is 0. The number of aromatic nitrogens is 1. The van der Waals surface area contributed by atoms with Crippen LogP contribution in [0, 0.1) is 5.92 Å². The number of benzene rings is 1. The summed E-state index contributed by atoms with van der Waals surface area (Å²) in [6, 6.07) is 8.79. The van der Waals surface area contributed by atoms with Crippen LogP contribution in [0.3, 0.4) is 0 Å². The van der Waals surface area contributed by atoms with Crippen LogP contribution in [-0.4, -0.2) is 12.0 Å². The maximum absolute atomic E-state index is 4.47. The van der Waals surface area contributed by atoms with Crippen molar-refractivity contribution < 1.29 is 0 Å². The van der Waals surface area contributed by atoms with Gasteiger partial charge in [-0.25, -0.2) is 4.98 Å². The molecule has 1 aromatic heterocycles. The molecule has 96 valence electrons. The minimum absolute atomic E-state index is 0.706. The standard InChI is InChI=1S/C15H20N2S/c1-11(2)8-12-4-6-13(7-5-12)15-17-10-14(18-15)9-16-3/h4-7,10-11,16H,8-9H2,1-3H3. The van der Waals surface area contributed by atoms with Gasteiger partial charge in [0.15, 0.2) is 0 Å². The van der Waals surface area contributed by atoms with Gasteiger partial charge in [-0.2, -0.15) is 0 Å². The fourth-order valence-electron chi connectivity index (χ4n) is 1.95. The summed E-state index contributed by atoms with van der Waals surface area (Å²) in [5, 5.41) is 4.26. The molecule has 0 atom stereocenters. The van der Waals surface area contributed by atoms with E-state index < -0.39 is 0 Å². The van der Waals surface area contributed by atoms with E-state index in [0.717, 1.165) is 18.0 Å². The average molecular weight is 260 g/mol. The van der Waals surface area contributed by atoms with E-state index in [1.54, 1.807) is 11.3 Å². The summed E-state index contributed by atoms with van der Waals surface area (Å²) >= 11 is 1.76. The first-order valence-corrected chi connectivity index (χ1v) is 7.19.